The number of aromatic nitrogens is 1. The van der Waals surface area contributed by atoms with Gasteiger partial charge in [0.05, 0.1) is 22.7 Å². The predicted octanol–water partition coefficient (Wildman–Crippen LogP) is 3.79. The molecule has 0 radical (unpaired) electrons. The Morgan fingerprint density at radius 2 is 2.12 bits per heavy atom. The summed E-state index contributed by atoms with van der Waals surface area (Å²) in [5, 5.41) is 11.6. The molecule has 2 N–H and O–H groups in total. The van der Waals surface area contributed by atoms with Crippen LogP contribution in [0.5, 0.6) is 0 Å². The van der Waals surface area contributed by atoms with Gasteiger partial charge in [0.25, 0.3) is 0 Å². The summed E-state index contributed by atoms with van der Waals surface area (Å²) in [6.07, 6.45) is 1.10. The summed E-state index contributed by atoms with van der Waals surface area (Å²) in [5.74, 6) is -1.11. The zero-order chi connectivity index (χ0) is 19.1. The van der Waals surface area contributed by atoms with Gasteiger partial charge in [0.1, 0.15) is 22.6 Å². The van der Waals surface area contributed by atoms with Crippen molar-refractivity contribution in [1.82, 2.24) is 10.3 Å². The molecule has 3 aromatic rings. The smallest absolute Gasteiger partial charge is 0.317 e. The number of rotatable bonds is 5. The van der Waals surface area contributed by atoms with E-state index >= 15 is 0 Å². The minimum absolute atomic E-state index is 0.0417. The minimum atomic E-state index is -0.822. The fourth-order valence-electron chi connectivity index (χ4n) is 2.18. The van der Waals surface area contributed by atoms with Crippen molar-refractivity contribution < 1.29 is 19.1 Å². The van der Waals surface area contributed by atoms with Crippen LogP contribution in [-0.4, -0.2) is 35.9 Å². The van der Waals surface area contributed by atoms with Gasteiger partial charge in [0.15, 0.2) is 0 Å². The van der Waals surface area contributed by atoms with Gasteiger partial charge in [-0.1, -0.05) is 23.7 Å². The summed E-state index contributed by atoms with van der Waals surface area (Å²) in [7, 11) is 1.59. The van der Waals surface area contributed by atoms with E-state index in [9.17, 15) is 14.0 Å². The number of hydrogen-bond acceptors (Lipinski definition) is 5. The molecule has 0 aliphatic heterocycles. The molecule has 0 saturated carbocycles. The summed E-state index contributed by atoms with van der Waals surface area (Å²) < 4.78 is 14.2. The molecule has 0 bridgehead atoms. The molecule has 136 valence electrons. The molecule has 5 nitrogen and oxygen atoms in total. The number of fused-ring (bicyclic) bond motifs is 1. The lowest BCUT2D eigenvalue weighted by Gasteiger charge is -2.03. The number of nitrogens with zero attached hydrogens (tertiary/aromatic N) is 1. The average Bonchev–Trinajstić information content (AvgIpc) is 2.99. The molecule has 0 amide bonds. The molecule has 0 unspecified atom stereocenters. The number of aliphatic carboxylic acids is 1. The number of aldehydes is 1. The number of hydrogen-bond donors (Lipinski definition) is 2. The molecule has 3 rings (SSSR count). The molecule has 0 saturated heterocycles. The standard InChI is InChI=1S/C15H9ClFNOS.C3H7NO2/c16-12-7-10(9-2-1-3-11(17)6-9)8-13-15(12)18-14(20-13)4-5-19;1-4-2-3(5)6/h1-3,5-8H,4H2;4H,2H2,1H3,(H,5,6). The molecule has 1 aromatic heterocycles. The van der Waals surface area contributed by atoms with Gasteiger partial charge < -0.3 is 15.2 Å². The molecule has 0 aliphatic rings. The highest BCUT2D eigenvalue weighted by molar-refractivity contribution is 7.18. The van der Waals surface area contributed by atoms with Crippen molar-refractivity contribution in [2.24, 2.45) is 0 Å². The van der Waals surface area contributed by atoms with E-state index in [1.165, 1.54) is 23.5 Å². The zero-order valence-electron chi connectivity index (χ0n) is 13.8. The van der Waals surface area contributed by atoms with E-state index in [1.54, 1.807) is 19.2 Å². The number of carbonyl (C=O) groups is 2. The van der Waals surface area contributed by atoms with Crippen LogP contribution in [0.4, 0.5) is 4.39 Å². The first-order chi connectivity index (χ1) is 12.4. The summed E-state index contributed by atoms with van der Waals surface area (Å²) in [6, 6.07) is 10.0. The monoisotopic (exact) mass is 394 g/mol. The van der Waals surface area contributed by atoms with Crippen LogP contribution < -0.4 is 5.32 Å². The highest BCUT2D eigenvalue weighted by Gasteiger charge is 2.10. The largest absolute Gasteiger partial charge is 0.480 e. The van der Waals surface area contributed by atoms with Crippen molar-refractivity contribution in [2.75, 3.05) is 13.6 Å². The number of carboxylic acids is 1. The second-order valence-electron chi connectivity index (χ2n) is 5.22. The van der Waals surface area contributed by atoms with Crippen molar-refractivity contribution in [3.8, 4) is 11.1 Å². The Labute approximate surface area is 158 Å². The van der Waals surface area contributed by atoms with Crippen molar-refractivity contribution in [1.29, 1.82) is 0 Å². The van der Waals surface area contributed by atoms with Crippen LogP contribution in [-0.2, 0) is 16.0 Å². The summed E-state index contributed by atoms with van der Waals surface area (Å²) in [4.78, 5) is 24.4. The van der Waals surface area contributed by atoms with Gasteiger partial charge in [-0.15, -0.1) is 11.3 Å². The molecule has 2 aromatic carbocycles. The summed E-state index contributed by atoms with van der Waals surface area (Å²) >= 11 is 7.66. The van der Waals surface area contributed by atoms with Crippen molar-refractivity contribution in [2.45, 2.75) is 6.42 Å². The molecular formula is C18H16ClFN2O3S. The fraction of sp³-hybridized carbons (Fsp3) is 0.167. The van der Waals surface area contributed by atoms with E-state index in [0.29, 0.717) is 10.5 Å². The Balaban J connectivity index is 0.000000352. The van der Waals surface area contributed by atoms with Gasteiger partial charge in [-0.05, 0) is 42.4 Å². The number of halogens is 2. The first-order valence-electron chi connectivity index (χ1n) is 7.59. The summed E-state index contributed by atoms with van der Waals surface area (Å²) in [5.41, 5.74) is 2.29. The van der Waals surface area contributed by atoms with Gasteiger partial charge in [0, 0.05) is 0 Å². The van der Waals surface area contributed by atoms with Crippen molar-refractivity contribution in [3.05, 3.63) is 52.2 Å². The van der Waals surface area contributed by atoms with Crippen LogP contribution in [0.1, 0.15) is 5.01 Å². The number of benzene rings is 2. The minimum Gasteiger partial charge on any atom is -0.480 e. The van der Waals surface area contributed by atoms with Gasteiger partial charge in [0.2, 0.25) is 0 Å². The van der Waals surface area contributed by atoms with Crippen LogP contribution in [0.25, 0.3) is 21.3 Å². The van der Waals surface area contributed by atoms with Crippen LogP contribution in [0.15, 0.2) is 36.4 Å². The molecule has 0 atom stereocenters. The number of likely N-dealkylation sites (N-methyl/N-ethyl adjacent to an activating group) is 1. The molecule has 0 aliphatic carbocycles. The number of carbonyl (C=O) groups excluding carboxylic acids is 1. The van der Waals surface area contributed by atoms with Gasteiger partial charge >= 0.3 is 5.97 Å². The lowest BCUT2D eigenvalue weighted by molar-refractivity contribution is -0.135. The maximum absolute atomic E-state index is 13.3. The number of nitrogens with one attached hydrogen (secondary N) is 1. The predicted molar refractivity (Wildman–Crippen MR) is 101 cm³/mol. The molecular weight excluding hydrogens is 379 g/mol. The third-order valence-corrected chi connectivity index (χ3v) is 4.55. The van der Waals surface area contributed by atoms with E-state index in [1.807, 2.05) is 12.1 Å². The Kier molecular flexibility index (Phi) is 7.20. The molecule has 1 heterocycles. The average molecular weight is 395 g/mol. The van der Waals surface area contributed by atoms with Crippen molar-refractivity contribution >= 4 is 45.4 Å². The molecule has 0 spiro atoms. The first kappa shape index (κ1) is 20.0. The number of carboxylic acid groups (broad SMARTS) is 1. The first-order valence-corrected chi connectivity index (χ1v) is 8.79. The lowest BCUT2D eigenvalue weighted by atomic mass is 10.1. The lowest BCUT2D eigenvalue weighted by Crippen LogP contribution is -2.16. The van der Waals surface area contributed by atoms with Gasteiger partial charge in [-0.25, -0.2) is 9.37 Å². The van der Waals surface area contributed by atoms with Crippen LogP contribution >= 0.6 is 22.9 Å². The third kappa shape index (κ3) is 5.32. The van der Waals surface area contributed by atoms with E-state index in [4.69, 9.17) is 16.7 Å². The second kappa shape index (κ2) is 9.38. The highest BCUT2D eigenvalue weighted by Crippen LogP contribution is 2.34. The Hall–Kier alpha value is -2.35. The van der Waals surface area contributed by atoms with Crippen molar-refractivity contribution in [3.63, 3.8) is 0 Å². The van der Waals surface area contributed by atoms with E-state index in [-0.39, 0.29) is 18.8 Å². The van der Waals surface area contributed by atoms with Gasteiger partial charge in [-0.3, -0.25) is 4.79 Å². The van der Waals surface area contributed by atoms with E-state index < -0.39 is 5.97 Å². The fourth-order valence-corrected chi connectivity index (χ4v) is 3.48. The second-order valence-corrected chi connectivity index (χ2v) is 6.74. The zero-order valence-corrected chi connectivity index (χ0v) is 15.4. The Bertz CT molecular complexity index is 930. The quantitative estimate of drug-likeness (QED) is 0.644. The maximum Gasteiger partial charge on any atom is 0.317 e. The van der Waals surface area contributed by atoms with Gasteiger partial charge in [-0.2, -0.15) is 0 Å². The highest BCUT2D eigenvalue weighted by atomic mass is 35.5. The molecule has 26 heavy (non-hydrogen) atoms. The number of thiazole rings is 1. The normalized spacial score (nSPS) is 10.3. The van der Waals surface area contributed by atoms with E-state index in [2.05, 4.69) is 10.3 Å². The van der Waals surface area contributed by atoms with Crippen LogP contribution in [0, 0.1) is 5.82 Å². The Morgan fingerprint density at radius 1 is 1.35 bits per heavy atom. The van der Waals surface area contributed by atoms with E-state index in [0.717, 1.165) is 27.1 Å². The summed E-state index contributed by atoms with van der Waals surface area (Å²) in [6.45, 7) is 0.0417. The Morgan fingerprint density at radius 3 is 2.69 bits per heavy atom. The SMILES string of the molecule is CNCC(=O)O.O=CCc1nc2c(Cl)cc(-c3cccc(F)c3)cc2s1. The molecule has 8 heteroatoms. The molecule has 0 fully saturated rings. The maximum atomic E-state index is 13.3. The van der Waals surface area contributed by atoms with Crippen LogP contribution in [0.3, 0.4) is 0 Å². The topological polar surface area (TPSA) is 79.3 Å². The van der Waals surface area contributed by atoms with Crippen LogP contribution in [0.2, 0.25) is 5.02 Å². The third-order valence-electron chi connectivity index (χ3n) is 3.24.